The highest BCUT2D eigenvalue weighted by atomic mass is 32.2. The zero-order valence-corrected chi connectivity index (χ0v) is 20.4. The van der Waals surface area contributed by atoms with Gasteiger partial charge in [-0.15, -0.1) is 0 Å². The fourth-order valence-electron chi connectivity index (χ4n) is 3.97. The molecule has 1 aliphatic heterocycles. The van der Waals surface area contributed by atoms with Gasteiger partial charge in [0.05, 0.1) is 47.3 Å². The number of aliphatic hydroxyl groups is 2. The van der Waals surface area contributed by atoms with E-state index in [9.17, 15) is 23.4 Å². The maximum atomic E-state index is 13.4. The Bertz CT molecular complexity index is 1230. The minimum Gasteiger partial charge on any atom is -0.392 e. The largest absolute Gasteiger partial charge is 0.392 e. The molecule has 0 bridgehead atoms. The van der Waals surface area contributed by atoms with Gasteiger partial charge >= 0.3 is 0 Å². The Morgan fingerprint density at radius 2 is 1.79 bits per heavy atom. The predicted molar refractivity (Wildman–Crippen MR) is 129 cm³/mol. The molecule has 1 amide bonds. The van der Waals surface area contributed by atoms with Crippen molar-refractivity contribution in [1.29, 1.82) is 0 Å². The predicted octanol–water partition coefficient (Wildman–Crippen LogP) is 2.09. The number of aromatic nitrogens is 1. The number of ether oxygens (including phenoxy) is 1. The standard InChI is InChI=1S/C23H27N3O6S2/c1-2-34(30,31)18-5-3-15(4-6-18)21(26-7-9-32-10-8-26)22(29)25-23-24-19-11-16(13-27)17(14-28)12-20(19)33-23/h3-6,11-12,21,27-28H,2,7-10,13-14H2,1H3,(H,24,25,29). The van der Waals surface area contributed by atoms with E-state index >= 15 is 0 Å². The summed E-state index contributed by atoms with van der Waals surface area (Å²) in [4.78, 5) is 20.2. The van der Waals surface area contributed by atoms with Gasteiger partial charge in [-0.3, -0.25) is 9.69 Å². The monoisotopic (exact) mass is 505 g/mol. The first-order valence-corrected chi connectivity index (χ1v) is 13.4. The minimum atomic E-state index is -3.34. The van der Waals surface area contributed by atoms with E-state index in [1.165, 1.54) is 11.3 Å². The van der Waals surface area contributed by atoms with Crippen LogP contribution in [0, 0.1) is 0 Å². The Labute approximate surface area is 201 Å². The van der Waals surface area contributed by atoms with Crippen LogP contribution in [0.2, 0.25) is 0 Å². The molecule has 9 nitrogen and oxygen atoms in total. The number of rotatable bonds is 8. The average molecular weight is 506 g/mol. The lowest BCUT2D eigenvalue weighted by Crippen LogP contribution is -2.43. The second-order valence-electron chi connectivity index (χ2n) is 7.94. The molecule has 182 valence electrons. The maximum absolute atomic E-state index is 13.4. The number of morpholine rings is 1. The van der Waals surface area contributed by atoms with Crippen LogP contribution in [0.1, 0.15) is 29.7 Å². The molecule has 11 heteroatoms. The Balaban J connectivity index is 1.63. The van der Waals surface area contributed by atoms with Crippen molar-refractivity contribution >= 4 is 42.4 Å². The molecule has 1 aromatic heterocycles. The van der Waals surface area contributed by atoms with Gasteiger partial charge in [0.1, 0.15) is 6.04 Å². The van der Waals surface area contributed by atoms with Gasteiger partial charge in [-0.05, 0) is 41.0 Å². The Kier molecular flexibility index (Phi) is 7.60. The highest BCUT2D eigenvalue weighted by Crippen LogP contribution is 2.31. The molecule has 1 saturated heterocycles. The number of nitrogens with zero attached hydrogens (tertiary/aromatic N) is 2. The molecule has 3 N–H and O–H groups in total. The van der Waals surface area contributed by atoms with Crippen LogP contribution in [0.5, 0.6) is 0 Å². The molecule has 0 aliphatic carbocycles. The number of carbonyl (C=O) groups excluding carboxylic acids is 1. The summed E-state index contributed by atoms with van der Waals surface area (Å²) in [5, 5.41) is 22.4. The summed E-state index contributed by atoms with van der Waals surface area (Å²) in [7, 11) is -3.34. The second kappa shape index (κ2) is 10.5. The molecule has 34 heavy (non-hydrogen) atoms. The molecule has 3 aromatic rings. The number of fused-ring (bicyclic) bond motifs is 1. The van der Waals surface area contributed by atoms with E-state index in [2.05, 4.69) is 10.3 Å². The number of thiazole rings is 1. The molecule has 1 aliphatic rings. The van der Waals surface area contributed by atoms with Gasteiger partial charge in [0, 0.05) is 13.1 Å². The van der Waals surface area contributed by atoms with Crippen molar-refractivity contribution in [3.05, 3.63) is 53.1 Å². The van der Waals surface area contributed by atoms with Crippen LogP contribution < -0.4 is 5.32 Å². The molecular weight excluding hydrogens is 478 g/mol. The Hall–Kier alpha value is -2.41. The lowest BCUT2D eigenvalue weighted by molar-refractivity contribution is -0.123. The van der Waals surface area contributed by atoms with Gasteiger partial charge in [0.25, 0.3) is 0 Å². The molecule has 2 aromatic carbocycles. The van der Waals surface area contributed by atoms with E-state index < -0.39 is 15.9 Å². The SMILES string of the molecule is CCS(=O)(=O)c1ccc(C(C(=O)Nc2nc3cc(CO)c(CO)cc3s2)N2CCOCC2)cc1. The quantitative estimate of drug-likeness (QED) is 0.424. The summed E-state index contributed by atoms with van der Waals surface area (Å²) < 4.78 is 30.6. The number of aliphatic hydroxyl groups excluding tert-OH is 2. The van der Waals surface area contributed by atoms with Gasteiger partial charge < -0.3 is 20.3 Å². The summed E-state index contributed by atoms with van der Waals surface area (Å²) in [5.41, 5.74) is 2.51. The van der Waals surface area contributed by atoms with Crippen molar-refractivity contribution in [3.8, 4) is 0 Å². The highest BCUT2D eigenvalue weighted by molar-refractivity contribution is 7.91. The smallest absolute Gasteiger partial charge is 0.248 e. The fourth-order valence-corrected chi connectivity index (χ4v) is 5.77. The highest BCUT2D eigenvalue weighted by Gasteiger charge is 2.30. The number of amides is 1. The van der Waals surface area contributed by atoms with Crippen LogP contribution in [-0.2, 0) is 32.6 Å². The maximum Gasteiger partial charge on any atom is 0.248 e. The van der Waals surface area contributed by atoms with Crippen LogP contribution in [0.15, 0.2) is 41.3 Å². The number of hydrogen-bond acceptors (Lipinski definition) is 9. The van der Waals surface area contributed by atoms with Gasteiger partial charge in [-0.1, -0.05) is 30.4 Å². The van der Waals surface area contributed by atoms with Crippen LogP contribution in [0.4, 0.5) is 5.13 Å². The summed E-state index contributed by atoms with van der Waals surface area (Å²) in [5.74, 6) is -0.273. The zero-order valence-electron chi connectivity index (χ0n) is 18.7. The molecular formula is C23H27N3O6S2. The molecule has 1 fully saturated rings. The van der Waals surface area contributed by atoms with E-state index in [1.807, 2.05) is 4.90 Å². The number of anilines is 1. The van der Waals surface area contributed by atoms with Crippen LogP contribution in [0.3, 0.4) is 0 Å². The third-order valence-electron chi connectivity index (χ3n) is 5.87. The van der Waals surface area contributed by atoms with Gasteiger partial charge in [0.15, 0.2) is 15.0 Å². The first-order valence-electron chi connectivity index (χ1n) is 11.0. The van der Waals surface area contributed by atoms with Crippen LogP contribution in [0.25, 0.3) is 10.2 Å². The first kappa shape index (κ1) is 24.7. The summed E-state index contributed by atoms with van der Waals surface area (Å²) >= 11 is 1.28. The summed E-state index contributed by atoms with van der Waals surface area (Å²) in [6.07, 6.45) is 0. The zero-order chi connectivity index (χ0) is 24.3. The van der Waals surface area contributed by atoms with E-state index in [0.717, 1.165) is 4.70 Å². The van der Waals surface area contributed by atoms with Crippen molar-refractivity contribution in [1.82, 2.24) is 9.88 Å². The Morgan fingerprint density at radius 3 is 2.41 bits per heavy atom. The summed E-state index contributed by atoms with van der Waals surface area (Å²) in [6.45, 7) is 3.31. The fraction of sp³-hybridized carbons (Fsp3) is 0.391. The molecule has 1 atom stereocenters. The van der Waals surface area contributed by atoms with E-state index in [-0.39, 0.29) is 29.8 Å². The molecule has 1 unspecified atom stereocenters. The van der Waals surface area contributed by atoms with E-state index in [1.54, 1.807) is 43.3 Å². The third-order valence-corrected chi connectivity index (χ3v) is 8.56. The molecule has 0 radical (unpaired) electrons. The van der Waals surface area contributed by atoms with Crippen molar-refractivity contribution in [2.45, 2.75) is 31.1 Å². The third kappa shape index (κ3) is 5.14. The lowest BCUT2D eigenvalue weighted by atomic mass is 10.0. The van der Waals surface area contributed by atoms with Gasteiger partial charge in [-0.25, -0.2) is 13.4 Å². The number of benzene rings is 2. The molecule has 4 rings (SSSR count). The lowest BCUT2D eigenvalue weighted by Gasteiger charge is -2.33. The molecule has 0 saturated carbocycles. The van der Waals surface area contributed by atoms with E-state index in [4.69, 9.17) is 4.74 Å². The first-order chi connectivity index (χ1) is 16.4. The normalized spacial score (nSPS) is 16.0. The number of sulfone groups is 1. The molecule has 2 heterocycles. The topological polar surface area (TPSA) is 129 Å². The van der Waals surface area contributed by atoms with Crippen molar-refractivity contribution in [3.63, 3.8) is 0 Å². The number of hydrogen-bond donors (Lipinski definition) is 3. The second-order valence-corrected chi connectivity index (χ2v) is 11.2. The van der Waals surface area contributed by atoms with Crippen LogP contribution in [-0.4, -0.2) is 66.5 Å². The number of carbonyl (C=O) groups is 1. The minimum absolute atomic E-state index is 0.00726. The van der Waals surface area contributed by atoms with Crippen LogP contribution >= 0.6 is 11.3 Å². The molecule has 0 spiro atoms. The summed E-state index contributed by atoms with van der Waals surface area (Å²) in [6, 6.07) is 9.28. The van der Waals surface area contributed by atoms with Gasteiger partial charge in [0.2, 0.25) is 5.91 Å². The average Bonchev–Trinajstić information content (AvgIpc) is 3.25. The van der Waals surface area contributed by atoms with Crippen molar-refractivity contribution in [2.24, 2.45) is 0 Å². The van der Waals surface area contributed by atoms with E-state index in [0.29, 0.717) is 53.6 Å². The van der Waals surface area contributed by atoms with Crippen molar-refractivity contribution < 1.29 is 28.2 Å². The van der Waals surface area contributed by atoms with Gasteiger partial charge in [-0.2, -0.15) is 0 Å². The number of nitrogens with one attached hydrogen (secondary N) is 1. The van der Waals surface area contributed by atoms with Crippen molar-refractivity contribution in [2.75, 3.05) is 37.4 Å². The Morgan fingerprint density at radius 1 is 1.15 bits per heavy atom.